The Hall–Kier alpha value is -1.59. The van der Waals surface area contributed by atoms with Gasteiger partial charge in [0.25, 0.3) is 0 Å². The maximum absolute atomic E-state index is 12.4. The number of amides is 1. The zero-order valence-electron chi connectivity index (χ0n) is 17.7. The van der Waals surface area contributed by atoms with E-state index in [0.717, 1.165) is 36.8 Å². The van der Waals surface area contributed by atoms with E-state index in [-0.39, 0.29) is 23.6 Å². The zero-order chi connectivity index (χ0) is 20.6. The van der Waals surface area contributed by atoms with Gasteiger partial charge in [0.15, 0.2) is 11.0 Å². The third-order valence-corrected chi connectivity index (χ3v) is 5.87. The van der Waals surface area contributed by atoms with Gasteiger partial charge >= 0.3 is 0 Å². The SMILES string of the molecule is CCCCn1c(SCC(=O)N[C@](C)(C#N)C(C)C)nnc1[C@@H](CC)N(C)C. The summed E-state index contributed by atoms with van der Waals surface area (Å²) in [4.78, 5) is 14.5. The van der Waals surface area contributed by atoms with Gasteiger partial charge in [-0.3, -0.25) is 9.69 Å². The predicted molar refractivity (Wildman–Crippen MR) is 109 cm³/mol. The fourth-order valence-electron chi connectivity index (χ4n) is 2.72. The van der Waals surface area contributed by atoms with E-state index in [1.165, 1.54) is 11.8 Å². The Kier molecular flexibility index (Phi) is 9.27. The fourth-order valence-corrected chi connectivity index (χ4v) is 3.49. The minimum absolute atomic E-state index is 0.0293. The molecule has 1 heterocycles. The first-order valence-corrected chi connectivity index (χ1v) is 10.6. The smallest absolute Gasteiger partial charge is 0.231 e. The Morgan fingerprint density at radius 2 is 2.04 bits per heavy atom. The minimum Gasteiger partial charge on any atom is -0.337 e. The van der Waals surface area contributed by atoms with Gasteiger partial charge in [-0.1, -0.05) is 45.9 Å². The quantitative estimate of drug-likeness (QED) is 0.580. The van der Waals surface area contributed by atoms with E-state index in [0.29, 0.717) is 0 Å². The normalized spacial score (nSPS) is 14.8. The van der Waals surface area contributed by atoms with E-state index in [1.54, 1.807) is 6.92 Å². The molecule has 1 aromatic rings. The molecule has 2 atom stereocenters. The second-order valence-electron chi connectivity index (χ2n) is 7.54. The van der Waals surface area contributed by atoms with Crippen molar-refractivity contribution in [3.8, 4) is 6.07 Å². The van der Waals surface area contributed by atoms with Gasteiger partial charge in [0.1, 0.15) is 5.54 Å². The molecule has 0 radical (unpaired) electrons. The van der Waals surface area contributed by atoms with E-state index >= 15 is 0 Å². The van der Waals surface area contributed by atoms with E-state index in [9.17, 15) is 10.1 Å². The number of rotatable bonds is 11. The maximum Gasteiger partial charge on any atom is 0.231 e. The summed E-state index contributed by atoms with van der Waals surface area (Å²) in [6, 6.07) is 2.40. The topological polar surface area (TPSA) is 86.8 Å². The summed E-state index contributed by atoms with van der Waals surface area (Å²) >= 11 is 1.38. The highest BCUT2D eigenvalue weighted by molar-refractivity contribution is 7.99. The van der Waals surface area contributed by atoms with Crippen molar-refractivity contribution < 1.29 is 4.79 Å². The van der Waals surface area contributed by atoms with Crippen LogP contribution in [-0.4, -0.2) is 51.0 Å². The predicted octanol–water partition coefficient (Wildman–Crippen LogP) is 3.24. The molecule has 0 unspecified atom stereocenters. The van der Waals surface area contributed by atoms with Crippen molar-refractivity contribution in [3.05, 3.63) is 5.82 Å². The Labute approximate surface area is 167 Å². The Balaban J connectivity index is 2.92. The van der Waals surface area contributed by atoms with Crippen LogP contribution in [0.3, 0.4) is 0 Å². The lowest BCUT2D eigenvalue weighted by atomic mass is 9.90. The average molecular weight is 395 g/mol. The van der Waals surface area contributed by atoms with E-state index < -0.39 is 5.54 Å². The van der Waals surface area contributed by atoms with Gasteiger partial charge in [-0.2, -0.15) is 5.26 Å². The first-order chi connectivity index (χ1) is 12.7. The van der Waals surface area contributed by atoms with E-state index in [4.69, 9.17) is 0 Å². The first kappa shape index (κ1) is 23.4. The zero-order valence-corrected chi connectivity index (χ0v) is 18.6. The molecule has 8 heteroatoms. The van der Waals surface area contributed by atoms with Crippen molar-refractivity contribution in [2.45, 2.75) is 77.2 Å². The highest BCUT2D eigenvalue weighted by Gasteiger charge is 2.30. The molecule has 0 spiro atoms. The highest BCUT2D eigenvalue weighted by atomic mass is 32.2. The maximum atomic E-state index is 12.4. The molecule has 27 heavy (non-hydrogen) atoms. The lowest BCUT2D eigenvalue weighted by Gasteiger charge is -2.27. The number of hydrogen-bond donors (Lipinski definition) is 1. The third kappa shape index (κ3) is 6.22. The highest BCUT2D eigenvalue weighted by Crippen LogP contribution is 2.26. The molecule has 1 aromatic heterocycles. The molecule has 7 nitrogen and oxygen atoms in total. The molecule has 1 amide bonds. The number of carbonyl (C=O) groups excluding carboxylic acids is 1. The van der Waals surface area contributed by atoms with E-state index in [1.807, 2.05) is 27.9 Å². The van der Waals surface area contributed by atoms with Gasteiger partial charge in [0, 0.05) is 6.54 Å². The van der Waals surface area contributed by atoms with Gasteiger partial charge in [0.05, 0.1) is 17.9 Å². The number of aromatic nitrogens is 3. The van der Waals surface area contributed by atoms with Gasteiger partial charge in [0.2, 0.25) is 5.91 Å². The number of carbonyl (C=O) groups is 1. The van der Waals surface area contributed by atoms with Crippen LogP contribution in [0.1, 0.15) is 65.7 Å². The average Bonchev–Trinajstić information content (AvgIpc) is 3.00. The van der Waals surface area contributed by atoms with Crippen molar-refractivity contribution in [3.63, 3.8) is 0 Å². The number of hydrogen-bond acceptors (Lipinski definition) is 6. The number of nitriles is 1. The molecule has 1 N–H and O–H groups in total. The Morgan fingerprint density at radius 3 is 2.52 bits per heavy atom. The second kappa shape index (κ2) is 10.7. The number of thioether (sulfide) groups is 1. The second-order valence-corrected chi connectivity index (χ2v) is 8.48. The molecular formula is C19H34N6OS. The van der Waals surface area contributed by atoms with Crippen LogP contribution in [0.4, 0.5) is 0 Å². The van der Waals surface area contributed by atoms with Crippen LogP contribution in [-0.2, 0) is 11.3 Å². The third-order valence-electron chi connectivity index (χ3n) is 4.91. The van der Waals surface area contributed by atoms with Crippen LogP contribution >= 0.6 is 11.8 Å². The molecule has 1 rings (SSSR count). The molecule has 0 aliphatic carbocycles. The summed E-state index contributed by atoms with van der Waals surface area (Å²) in [6.07, 6.45) is 3.06. The largest absolute Gasteiger partial charge is 0.337 e. The molecule has 0 saturated carbocycles. The molecule has 0 saturated heterocycles. The van der Waals surface area contributed by atoms with Crippen LogP contribution < -0.4 is 5.32 Å². The summed E-state index contributed by atoms with van der Waals surface area (Å²) in [5, 5.41) is 21.8. The van der Waals surface area contributed by atoms with Crippen molar-refractivity contribution >= 4 is 17.7 Å². The van der Waals surface area contributed by atoms with Crippen LogP contribution in [0.25, 0.3) is 0 Å². The van der Waals surface area contributed by atoms with Crippen LogP contribution in [0.2, 0.25) is 0 Å². The molecule has 0 aliphatic heterocycles. The van der Waals surface area contributed by atoms with Gasteiger partial charge in [-0.05, 0) is 39.8 Å². The fraction of sp³-hybridized carbons (Fsp3) is 0.789. The first-order valence-electron chi connectivity index (χ1n) is 9.64. The molecule has 0 bridgehead atoms. The molecule has 0 aromatic carbocycles. The van der Waals surface area contributed by atoms with Gasteiger partial charge in [-0.25, -0.2) is 0 Å². The van der Waals surface area contributed by atoms with Crippen molar-refractivity contribution in [2.24, 2.45) is 5.92 Å². The van der Waals surface area contributed by atoms with Crippen molar-refractivity contribution in [1.82, 2.24) is 25.0 Å². The summed E-state index contributed by atoms with van der Waals surface area (Å²) in [7, 11) is 4.09. The summed E-state index contributed by atoms with van der Waals surface area (Å²) in [5.74, 6) is 1.03. The minimum atomic E-state index is -0.864. The van der Waals surface area contributed by atoms with Crippen molar-refractivity contribution in [2.75, 3.05) is 19.8 Å². The molecule has 0 fully saturated rings. The lowest BCUT2D eigenvalue weighted by Crippen LogP contribution is -2.49. The Bertz CT molecular complexity index is 651. The van der Waals surface area contributed by atoms with E-state index in [2.05, 4.69) is 44.9 Å². The van der Waals surface area contributed by atoms with Crippen LogP contribution in [0.5, 0.6) is 0 Å². The number of unbranched alkanes of at least 4 members (excludes halogenated alkanes) is 1. The Morgan fingerprint density at radius 1 is 1.37 bits per heavy atom. The van der Waals surface area contributed by atoms with Gasteiger partial charge < -0.3 is 9.88 Å². The standard InChI is InChI=1S/C19H34N6OS/c1-8-10-11-25-17(15(9-2)24(6)7)22-23-18(25)27-12-16(26)21-19(5,13-20)14(3)4/h14-15H,8-12H2,1-7H3,(H,21,26)/t15-,19-/m1/s1. The molecule has 0 aliphatic rings. The summed E-state index contributed by atoms with van der Waals surface area (Å²) in [6.45, 7) is 10.7. The van der Waals surface area contributed by atoms with Gasteiger partial charge in [-0.15, -0.1) is 10.2 Å². The summed E-state index contributed by atoms with van der Waals surface area (Å²) < 4.78 is 2.14. The van der Waals surface area contributed by atoms with Crippen LogP contribution in [0.15, 0.2) is 5.16 Å². The monoisotopic (exact) mass is 394 g/mol. The number of nitrogens with one attached hydrogen (secondary N) is 1. The van der Waals surface area contributed by atoms with Crippen molar-refractivity contribution in [1.29, 1.82) is 5.26 Å². The molecule has 152 valence electrons. The van der Waals surface area contributed by atoms with Crippen LogP contribution in [0, 0.1) is 17.2 Å². The lowest BCUT2D eigenvalue weighted by molar-refractivity contribution is -0.120. The summed E-state index contributed by atoms with van der Waals surface area (Å²) in [5.41, 5.74) is -0.864. The molecular weight excluding hydrogens is 360 g/mol. The number of nitrogens with zero attached hydrogens (tertiary/aromatic N) is 5.